The van der Waals surface area contributed by atoms with E-state index in [1.165, 1.54) is 6.92 Å². The molecule has 0 aliphatic carbocycles. The highest BCUT2D eigenvalue weighted by molar-refractivity contribution is 7.92. The minimum Gasteiger partial charge on any atom is -0.326 e. The van der Waals surface area contributed by atoms with E-state index in [-0.39, 0.29) is 18.2 Å². The molecule has 112 valence electrons. The molecule has 0 fully saturated rings. The smallest absolute Gasteiger partial charge is 0.242 e. The highest BCUT2D eigenvalue weighted by Gasteiger charge is 2.28. The molecule has 1 aromatic rings. The fourth-order valence-corrected chi connectivity index (χ4v) is 3.43. The summed E-state index contributed by atoms with van der Waals surface area (Å²) in [6.45, 7) is 5.32. The van der Waals surface area contributed by atoms with Crippen molar-refractivity contribution in [1.82, 2.24) is 0 Å². The summed E-state index contributed by atoms with van der Waals surface area (Å²) in [7, 11) is -3.44. The summed E-state index contributed by atoms with van der Waals surface area (Å²) >= 11 is 0. The van der Waals surface area contributed by atoms with Crippen molar-refractivity contribution in [3.8, 4) is 0 Å². The summed E-state index contributed by atoms with van der Waals surface area (Å²) in [4.78, 5) is 12.1. The van der Waals surface area contributed by atoms with Gasteiger partial charge in [-0.15, -0.1) is 0 Å². The van der Waals surface area contributed by atoms with E-state index in [0.717, 1.165) is 5.56 Å². The van der Waals surface area contributed by atoms with Gasteiger partial charge >= 0.3 is 0 Å². The normalized spacial score (nSPS) is 13.2. The fourth-order valence-electron chi connectivity index (χ4n) is 1.83. The van der Waals surface area contributed by atoms with Crippen molar-refractivity contribution in [2.24, 2.45) is 11.7 Å². The molecule has 1 atom stereocenters. The van der Waals surface area contributed by atoms with Gasteiger partial charge in [-0.2, -0.15) is 0 Å². The number of anilines is 1. The van der Waals surface area contributed by atoms with E-state index in [0.29, 0.717) is 5.69 Å². The Morgan fingerprint density at radius 1 is 1.25 bits per heavy atom. The highest BCUT2D eigenvalue weighted by Crippen LogP contribution is 2.16. The Balaban J connectivity index is 2.86. The predicted octanol–water partition coefficient (Wildman–Crippen LogP) is 1.54. The van der Waals surface area contributed by atoms with Gasteiger partial charge in [-0.3, -0.25) is 4.79 Å². The van der Waals surface area contributed by atoms with Crippen LogP contribution in [-0.4, -0.2) is 25.3 Å². The van der Waals surface area contributed by atoms with Gasteiger partial charge in [0.2, 0.25) is 5.91 Å². The Morgan fingerprint density at radius 3 is 2.40 bits per heavy atom. The molecule has 0 aliphatic heterocycles. The van der Waals surface area contributed by atoms with Gasteiger partial charge in [-0.05, 0) is 24.5 Å². The van der Waals surface area contributed by atoms with Crippen LogP contribution in [-0.2, 0) is 21.2 Å². The molecular weight excluding hydrogens is 276 g/mol. The van der Waals surface area contributed by atoms with Crippen LogP contribution in [0.3, 0.4) is 0 Å². The summed E-state index contributed by atoms with van der Waals surface area (Å²) in [6.07, 6.45) is 0. The summed E-state index contributed by atoms with van der Waals surface area (Å²) < 4.78 is 24.1. The number of rotatable bonds is 6. The lowest BCUT2D eigenvalue weighted by Gasteiger charge is -2.16. The van der Waals surface area contributed by atoms with Crippen LogP contribution in [0.25, 0.3) is 0 Å². The third-order valence-corrected chi connectivity index (χ3v) is 5.39. The minimum atomic E-state index is -3.44. The second-order valence-corrected chi connectivity index (χ2v) is 7.58. The van der Waals surface area contributed by atoms with Crippen LogP contribution >= 0.6 is 0 Å². The second-order valence-electron chi connectivity index (χ2n) is 5.22. The topological polar surface area (TPSA) is 89.3 Å². The lowest BCUT2D eigenvalue weighted by Crippen LogP contribution is -2.35. The van der Waals surface area contributed by atoms with Crippen molar-refractivity contribution in [2.75, 3.05) is 11.1 Å². The van der Waals surface area contributed by atoms with Gasteiger partial charge in [0, 0.05) is 12.2 Å². The molecule has 0 spiro atoms. The van der Waals surface area contributed by atoms with Gasteiger partial charge in [0.1, 0.15) is 5.25 Å². The van der Waals surface area contributed by atoms with Gasteiger partial charge in [0.15, 0.2) is 9.84 Å². The maximum Gasteiger partial charge on any atom is 0.242 e. The molecule has 0 aromatic heterocycles. The average molecular weight is 298 g/mol. The Bertz CT molecular complexity index is 568. The number of para-hydroxylation sites is 1. The molecule has 20 heavy (non-hydrogen) atoms. The van der Waals surface area contributed by atoms with Gasteiger partial charge in [0.05, 0.1) is 5.75 Å². The zero-order valence-corrected chi connectivity index (χ0v) is 12.9. The standard InChI is InChI=1S/C14H22N2O3S/c1-10(2)9-20(18,19)11(3)14(17)16-13-7-5-4-6-12(13)8-15/h4-7,10-11H,8-9,15H2,1-3H3,(H,16,17). The molecule has 0 saturated heterocycles. The number of nitrogens with two attached hydrogens (primary N) is 1. The summed E-state index contributed by atoms with van der Waals surface area (Å²) in [5.41, 5.74) is 6.92. The van der Waals surface area contributed by atoms with Crippen LogP contribution in [0.15, 0.2) is 24.3 Å². The Labute approximate surface area is 120 Å². The molecule has 0 bridgehead atoms. The first-order valence-electron chi connectivity index (χ1n) is 6.58. The Kier molecular flexibility index (Phi) is 5.71. The van der Waals surface area contributed by atoms with E-state index in [1.807, 2.05) is 19.9 Å². The van der Waals surface area contributed by atoms with Crippen LogP contribution in [0.2, 0.25) is 0 Å². The first kappa shape index (κ1) is 16.7. The van der Waals surface area contributed by atoms with Crippen molar-refractivity contribution in [2.45, 2.75) is 32.6 Å². The predicted molar refractivity (Wildman–Crippen MR) is 81.0 cm³/mol. The molecule has 0 aliphatic rings. The van der Waals surface area contributed by atoms with Gasteiger partial charge < -0.3 is 11.1 Å². The first-order valence-corrected chi connectivity index (χ1v) is 8.30. The van der Waals surface area contributed by atoms with E-state index in [2.05, 4.69) is 5.32 Å². The maximum atomic E-state index is 12.1. The van der Waals surface area contributed by atoms with E-state index in [1.54, 1.807) is 18.2 Å². The number of hydrogen-bond donors (Lipinski definition) is 2. The quantitative estimate of drug-likeness (QED) is 0.833. The Hall–Kier alpha value is -1.40. The number of carbonyl (C=O) groups is 1. The van der Waals surface area contributed by atoms with E-state index < -0.39 is 21.0 Å². The maximum absolute atomic E-state index is 12.1. The second kappa shape index (κ2) is 6.85. The van der Waals surface area contributed by atoms with Gasteiger partial charge in [-0.25, -0.2) is 8.42 Å². The van der Waals surface area contributed by atoms with Crippen molar-refractivity contribution >= 4 is 21.4 Å². The average Bonchev–Trinajstić information content (AvgIpc) is 2.36. The molecule has 0 saturated carbocycles. The SMILES string of the molecule is CC(C)CS(=O)(=O)C(C)C(=O)Nc1ccccc1CN. The van der Waals surface area contributed by atoms with E-state index >= 15 is 0 Å². The minimum absolute atomic E-state index is 0.000121. The summed E-state index contributed by atoms with van der Waals surface area (Å²) in [5, 5.41) is 1.57. The highest BCUT2D eigenvalue weighted by atomic mass is 32.2. The largest absolute Gasteiger partial charge is 0.326 e. The van der Waals surface area contributed by atoms with Crippen LogP contribution in [0.5, 0.6) is 0 Å². The lowest BCUT2D eigenvalue weighted by atomic mass is 10.2. The summed E-state index contributed by atoms with van der Waals surface area (Å²) in [6, 6.07) is 7.09. The molecule has 1 unspecified atom stereocenters. The van der Waals surface area contributed by atoms with Crippen LogP contribution in [0.4, 0.5) is 5.69 Å². The van der Waals surface area contributed by atoms with Gasteiger partial charge in [-0.1, -0.05) is 32.0 Å². The number of sulfone groups is 1. The summed E-state index contributed by atoms with van der Waals surface area (Å²) in [5.74, 6) is -0.529. The van der Waals surface area contributed by atoms with Crippen LogP contribution in [0, 0.1) is 5.92 Å². The van der Waals surface area contributed by atoms with Crippen molar-refractivity contribution < 1.29 is 13.2 Å². The Morgan fingerprint density at radius 2 is 1.85 bits per heavy atom. The van der Waals surface area contributed by atoms with Gasteiger partial charge in [0.25, 0.3) is 0 Å². The van der Waals surface area contributed by atoms with E-state index in [4.69, 9.17) is 5.73 Å². The third kappa shape index (κ3) is 4.31. The zero-order valence-electron chi connectivity index (χ0n) is 12.1. The molecule has 6 heteroatoms. The number of benzene rings is 1. The molecule has 1 rings (SSSR count). The van der Waals surface area contributed by atoms with Crippen molar-refractivity contribution in [1.29, 1.82) is 0 Å². The van der Waals surface area contributed by atoms with E-state index in [9.17, 15) is 13.2 Å². The molecule has 1 amide bonds. The molecule has 3 N–H and O–H groups in total. The third-order valence-electron chi connectivity index (χ3n) is 2.97. The fraction of sp³-hybridized carbons (Fsp3) is 0.500. The molecule has 0 heterocycles. The molecular formula is C14H22N2O3S. The number of amides is 1. The number of nitrogens with one attached hydrogen (secondary N) is 1. The molecule has 1 aromatic carbocycles. The lowest BCUT2D eigenvalue weighted by molar-refractivity contribution is -0.115. The molecule has 0 radical (unpaired) electrons. The van der Waals surface area contributed by atoms with Crippen LogP contribution < -0.4 is 11.1 Å². The zero-order chi connectivity index (χ0) is 15.3. The van der Waals surface area contributed by atoms with Crippen LogP contribution in [0.1, 0.15) is 26.3 Å². The molecule has 5 nitrogen and oxygen atoms in total. The first-order chi connectivity index (χ1) is 9.27. The van der Waals surface area contributed by atoms with Crippen molar-refractivity contribution in [3.05, 3.63) is 29.8 Å². The monoisotopic (exact) mass is 298 g/mol. The number of carbonyl (C=O) groups excluding carboxylic acids is 1. The van der Waals surface area contributed by atoms with Crippen molar-refractivity contribution in [3.63, 3.8) is 0 Å². The number of hydrogen-bond acceptors (Lipinski definition) is 4.